The Kier molecular flexibility index (Phi) is 6.61. The van der Waals surface area contributed by atoms with Gasteiger partial charge in [0.2, 0.25) is 5.91 Å². The summed E-state index contributed by atoms with van der Waals surface area (Å²) in [4.78, 5) is 12.0. The van der Waals surface area contributed by atoms with Gasteiger partial charge in [-0.05, 0) is 47.9 Å². The first-order valence-corrected chi connectivity index (χ1v) is 7.92. The molecule has 0 aliphatic rings. The molecule has 0 aliphatic heterocycles. The summed E-state index contributed by atoms with van der Waals surface area (Å²) < 4.78 is 10.5. The van der Waals surface area contributed by atoms with Crippen LogP contribution in [-0.4, -0.2) is 19.6 Å². The molecule has 2 rings (SSSR count). The van der Waals surface area contributed by atoms with Gasteiger partial charge in [-0.2, -0.15) is 5.26 Å². The van der Waals surface area contributed by atoms with Gasteiger partial charge in [0.1, 0.15) is 6.07 Å². The van der Waals surface area contributed by atoms with Crippen LogP contribution in [0.5, 0.6) is 11.5 Å². The summed E-state index contributed by atoms with van der Waals surface area (Å²) in [5, 5.41) is 11.4. The van der Waals surface area contributed by atoms with Crippen molar-refractivity contribution >= 4 is 17.7 Å². The zero-order valence-electron chi connectivity index (χ0n) is 14.3. The van der Waals surface area contributed by atoms with Crippen molar-refractivity contribution in [3.8, 4) is 17.6 Å². The summed E-state index contributed by atoms with van der Waals surface area (Å²) in [6.07, 6.45) is 4.11. The molecule has 1 amide bonds. The molecule has 2 aromatic carbocycles. The Morgan fingerprint density at radius 1 is 1.20 bits per heavy atom. The van der Waals surface area contributed by atoms with Crippen LogP contribution in [0.3, 0.4) is 0 Å². The van der Waals surface area contributed by atoms with Crippen LogP contribution >= 0.6 is 0 Å². The summed E-state index contributed by atoms with van der Waals surface area (Å²) in [7, 11) is 1.52. The van der Waals surface area contributed by atoms with Crippen molar-refractivity contribution in [2.24, 2.45) is 0 Å². The van der Waals surface area contributed by atoms with Gasteiger partial charge in [0, 0.05) is 11.8 Å². The molecule has 0 bridgehead atoms. The molecule has 1 N–H and O–H groups in total. The summed E-state index contributed by atoms with van der Waals surface area (Å²) in [6, 6.07) is 14.9. The minimum Gasteiger partial charge on any atom is -0.493 e. The van der Waals surface area contributed by atoms with Crippen LogP contribution in [0.15, 0.2) is 48.5 Å². The highest BCUT2D eigenvalue weighted by Gasteiger charge is 2.05. The van der Waals surface area contributed by atoms with Crippen LogP contribution in [0.2, 0.25) is 0 Å². The molecule has 0 radical (unpaired) electrons. The van der Waals surface area contributed by atoms with Gasteiger partial charge in [-0.3, -0.25) is 4.79 Å². The molecule has 0 aliphatic carbocycles. The van der Waals surface area contributed by atoms with E-state index >= 15 is 0 Å². The largest absolute Gasteiger partial charge is 0.493 e. The SMILES string of the molecule is CCc1ccc(NC(=O)/C=C/c2ccc(OCC#N)c(OC)c2)cc1. The maximum atomic E-state index is 12.0. The Morgan fingerprint density at radius 3 is 2.60 bits per heavy atom. The average Bonchev–Trinajstić information content (AvgIpc) is 2.65. The Bertz CT molecular complexity index is 790. The number of hydrogen-bond donors (Lipinski definition) is 1. The van der Waals surface area contributed by atoms with Crippen molar-refractivity contribution < 1.29 is 14.3 Å². The molecule has 25 heavy (non-hydrogen) atoms. The monoisotopic (exact) mass is 336 g/mol. The topological polar surface area (TPSA) is 71.3 Å². The van der Waals surface area contributed by atoms with Crippen molar-refractivity contribution in [3.63, 3.8) is 0 Å². The molecule has 0 saturated carbocycles. The lowest BCUT2D eigenvalue weighted by Crippen LogP contribution is -2.07. The van der Waals surface area contributed by atoms with E-state index in [9.17, 15) is 4.79 Å². The highest BCUT2D eigenvalue weighted by atomic mass is 16.5. The Hall–Kier alpha value is -3.26. The number of benzene rings is 2. The zero-order valence-corrected chi connectivity index (χ0v) is 14.3. The third-order valence-electron chi connectivity index (χ3n) is 3.54. The molecule has 5 nitrogen and oxygen atoms in total. The molecule has 0 fully saturated rings. The highest BCUT2D eigenvalue weighted by molar-refractivity contribution is 6.01. The van der Waals surface area contributed by atoms with Crippen LogP contribution in [0.4, 0.5) is 5.69 Å². The highest BCUT2D eigenvalue weighted by Crippen LogP contribution is 2.28. The predicted octanol–water partition coefficient (Wildman–Crippen LogP) is 3.81. The lowest BCUT2D eigenvalue weighted by atomic mass is 10.1. The van der Waals surface area contributed by atoms with E-state index in [1.54, 1.807) is 24.3 Å². The molecule has 0 heterocycles. The quantitative estimate of drug-likeness (QED) is 0.780. The van der Waals surface area contributed by atoms with Crippen LogP contribution in [-0.2, 0) is 11.2 Å². The first-order chi connectivity index (χ1) is 12.2. The van der Waals surface area contributed by atoms with Crippen molar-refractivity contribution in [2.75, 3.05) is 19.0 Å². The summed E-state index contributed by atoms with van der Waals surface area (Å²) in [6.45, 7) is 2.03. The van der Waals surface area contributed by atoms with E-state index in [0.717, 1.165) is 17.7 Å². The van der Waals surface area contributed by atoms with Crippen LogP contribution in [0.25, 0.3) is 6.08 Å². The smallest absolute Gasteiger partial charge is 0.248 e. The Labute approximate surface area is 147 Å². The van der Waals surface area contributed by atoms with Gasteiger partial charge in [-0.1, -0.05) is 25.1 Å². The van der Waals surface area contributed by atoms with Gasteiger partial charge >= 0.3 is 0 Å². The standard InChI is InChI=1S/C20H20N2O3/c1-3-15-4-8-17(9-5-15)22-20(23)11-7-16-6-10-18(25-13-12-21)19(14-16)24-2/h4-11,14H,3,13H2,1-2H3,(H,22,23)/b11-7+. The Morgan fingerprint density at radius 2 is 1.96 bits per heavy atom. The summed E-state index contributed by atoms with van der Waals surface area (Å²) in [5.41, 5.74) is 2.77. The van der Waals surface area contributed by atoms with E-state index in [1.807, 2.05) is 30.3 Å². The number of amides is 1. The number of nitrogens with one attached hydrogen (secondary N) is 1. The van der Waals surface area contributed by atoms with Crippen molar-refractivity contribution in [3.05, 3.63) is 59.7 Å². The van der Waals surface area contributed by atoms with Crippen LogP contribution in [0, 0.1) is 11.3 Å². The van der Waals surface area contributed by atoms with Gasteiger partial charge < -0.3 is 14.8 Å². The molecule has 0 saturated heterocycles. The number of rotatable bonds is 7. The number of methoxy groups -OCH3 is 1. The molecule has 128 valence electrons. The third-order valence-corrected chi connectivity index (χ3v) is 3.54. The van der Waals surface area contributed by atoms with Gasteiger partial charge in [-0.15, -0.1) is 0 Å². The minimum atomic E-state index is -0.215. The fourth-order valence-corrected chi connectivity index (χ4v) is 2.20. The first-order valence-electron chi connectivity index (χ1n) is 7.92. The first kappa shape index (κ1) is 18.1. The molecule has 2 aromatic rings. The second-order valence-electron chi connectivity index (χ2n) is 5.23. The number of anilines is 1. The third kappa shape index (κ3) is 5.40. The molecule has 0 spiro atoms. The molecular weight excluding hydrogens is 316 g/mol. The second-order valence-corrected chi connectivity index (χ2v) is 5.23. The lowest BCUT2D eigenvalue weighted by molar-refractivity contribution is -0.111. The van der Waals surface area contributed by atoms with Crippen molar-refractivity contribution in [1.82, 2.24) is 0 Å². The van der Waals surface area contributed by atoms with E-state index in [4.69, 9.17) is 14.7 Å². The van der Waals surface area contributed by atoms with Gasteiger partial charge in [-0.25, -0.2) is 0 Å². The van der Waals surface area contributed by atoms with Crippen LogP contribution in [0.1, 0.15) is 18.1 Å². The number of nitriles is 1. The molecule has 0 atom stereocenters. The van der Waals surface area contributed by atoms with Crippen molar-refractivity contribution in [2.45, 2.75) is 13.3 Å². The van der Waals surface area contributed by atoms with E-state index < -0.39 is 0 Å². The van der Waals surface area contributed by atoms with Gasteiger partial charge in [0.25, 0.3) is 0 Å². The van der Waals surface area contributed by atoms with Gasteiger partial charge in [0.05, 0.1) is 7.11 Å². The lowest BCUT2D eigenvalue weighted by Gasteiger charge is -2.08. The predicted molar refractivity (Wildman–Crippen MR) is 97.6 cm³/mol. The maximum Gasteiger partial charge on any atom is 0.248 e. The van der Waals surface area contributed by atoms with E-state index in [2.05, 4.69) is 12.2 Å². The number of carbonyl (C=O) groups is 1. The van der Waals surface area contributed by atoms with E-state index in [-0.39, 0.29) is 12.5 Å². The number of ether oxygens (including phenoxy) is 2. The van der Waals surface area contributed by atoms with Gasteiger partial charge in [0.15, 0.2) is 18.1 Å². The molecule has 0 aromatic heterocycles. The number of carbonyl (C=O) groups excluding carboxylic acids is 1. The number of nitrogens with zero attached hydrogens (tertiary/aromatic N) is 1. The summed E-state index contributed by atoms with van der Waals surface area (Å²) in [5.74, 6) is 0.780. The second kappa shape index (κ2) is 9.14. The Balaban J connectivity index is 2.02. The normalized spacial score (nSPS) is 10.3. The van der Waals surface area contributed by atoms with Crippen molar-refractivity contribution in [1.29, 1.82) is 5.26 Å². The maximum absolute atomic E-state index is 12.0. The molecule has 5 heteroatoms. The number of hydrogen-bond acceptors (Lipinski definition) is 4. The number of aryl methyl sites for hydroxylation is 1. The zero-order chi connectivity index (χ0) is 18.1. The van der Waals surface area contributed by atoms with Crippen LogP contribution < -0.4 is 14.8 Å². The minimum absolute atomic E-state index is 0.0508. The summed E-state index contributed by atoms with van der Waals surface area (Å²) >= 11 is 0. The molecular formula is C20H20N2O3. The molecule has 0 unspecified atom stereocenters. The fraction of sp³-hybridized carbons (Fsp3) is 0.200. The van der Waals surface area contributed by atoms with E-state index in [1.165, 1.54) is 18.7 Å². The average molecular weight is 336 g/mol. The fourth-order valence-electron chi connectivity index (χ4n) is 2.20. The van der Waals surface area contributed by atoms with E-state index in [0.29, 0.717) is 11.5 Å².